The molecule has 1 heterocycles. The lowest BCUT2D eigenvalue weighted by Gasteiger charge is -2.15. The van der Waals surface area contributed by atoms with Crippen LogP contribution in [0.5, 0.6) is 0 Å². The fourth-order valence-corrected chi connectivity index (χ4v) is 2.32. The minimum atomic E-state index is -0.480. The number of rotatable bonds is 7. The van der Waals surface area contributed by atoms with Gasteiger partial charge in [-0.25, -0.2) is 4.79 Å². The smallest absolute Gasteiger partial charge is 0.337 e. The summed E-state index contributed by atoms with van der Waals surface area (Å²) in [6.45, 7) is 6.53. The lowest BCUT2D eigenvalue weighted by molar-refractivity contribution is -0.116. The Morgan fingerprint density at radius 1 is 1.32 bits per heavy atom. The van der Waals surface area contributed by atoms with Crippen molar-refractivity contribution in [2.24, 2.45) is 0 Å². The second-order valence-corrected chi connectivity index (χ2v) is 5.84. The lowest BCUT2D eigenvalue weighted by atomic mass is 10.1. The highest BCUT2D eigenvalue weighted by atomic mass is 16.5. The zero-order valence-corrected chi connectivity index (χ0v) is 15.0. The van der Waals surface area contributed by atoms with Gasteiger partial charge in [0.25, 0.3) is 0 Å². The van der Waals surface area contributed by atoms with Crippen molar-refractivity contribution in [3.63, 3.8) is 0 Å². The van der Waals surface area contributed by atoms with Crippen LogP contribution in [0.1, 0.15) is 36.2 Å². The van der Waals surface area contributed by atoms with E-state index in [1.54, 1.807) is 25.1 Å². The number of anilines is 2. The molecule has 0 bridgehead atoms. The topological polar surface area (TPSA) is 85.2 Å². The monoisotopic (exact) mass is 344 g/mol. The van der Waals surface area contributed by atoms with E-state index in [0.29, 0.717) is 17.1 Å². The van der Waals surface area contributed by atoms with E-state index in [0.717, 1.165) is 18.5 Å². The number of carbonyl (C=O) groups is 2. The number of nitrogens with zero attached hydrogens (tertiary/aromatic N) is 2. The molecule has 25 heavy (non-hydrogen) atoms. The first kappa shape index (κ1) is 18.5. The number of hydrogen-bond donors (Lipinski definition) is 2. The molecule has 0 aliphatic carbocycles. The van der Waals surface area contributed by atoms with Crippen molar-refractivity contribution < 1.29 is 14.3 Å². The summed E-state index contributed by atoms with van der Waals surface area (Å²) in [5, 5.41) is 10.3. The largest absolute Gasteiger partial charge is 0.465 e. The highest BCUT2D eigenvalue weighted by molar-refractivity contribution is 5.98. The third-order valence-electron chi connectivity index (χ3n) is 3.77. The summed E-state index contributed by atoms with van der Waals surface area (Å²) < 4.78 is 6.54. The quantitative estimate of drug-likeness (QED) is 0.755. The first-order chi connectivity index (χ1) is 11.9. The first-order valence-corrected chi connectivity index (χ1v) is 8.24. The third-order valence-corrected chi connectivity index (χ3v) is 3.77. The highest BCUT2D eigenvalue weighted by Crippen LogP contribution is 2.18. The molecular formula is C18H24N4O3. The van der Waals surface area contributed by atoms with Crippen LogP contribution in [0.15, 0.2) is 30.5 Å². The number of ether oxygens (including phenoxy) is 1. The summed E-state index contributed by atoms with van der Waals surface area (Å²) in [6, 6.07) is 6.40. The summed E-state index contributed by atoms with van der Waals surface area (Å²) >= 11 is 0. The van der Waals surface area contributed by atoms with Crippen LogP contribution in [0.4, 0.5) is 11.5 Å². The van der Waals surface area contributed by atoms with Gasteiger partial charge in [-0.15, -0.1) is 0 Å². The molecule has 0 radical (unpaired) electrons. The van der Waals surface area contributed by atoms with E-state index in [1.165, 1.54) is 7.11 Å². The van der Waals surface area contributed by atoms with Gasteiger partial charge in [-0.2, -0.15) is 5.10 Å². The van der Waals surface area contributed by atoms with Gasteiger partial charge < -0.3 is 15.4 Å². The Morgan fingerprint density at radius 3 is 2.76 bits per heavy atom. The molecule has 2 aromatic rings. The van der Waals surface area contributed by atoms with Gasteiger partial charge in [0.05, 0.1) is 12.7 Å². The molecule has 1 aromatic carbocycles. The van der Waals surface area contributed by atoms with Crippen molar-refractivity contribution in [1.29, 1.82) is 0 Å². The van der Waals surface area contributed by atoms with Crippen molar-refractivity contribution in [1.82, 2.24) is 9.78 Å². The Labute approximate surface area is 147 Å². The Bertz CT molecular complexity index is 755. The van der Waals surface area contributed by atoms with E-state index < -0.39 is 12.0 Å². The van der Waals surface area contributed by atoms with Crippen LogP contribution < -0.4 is 10.6 Å². The number of hydrogen-bond acceptors (Lipinski definition) is 5. The molecule has 0 saturated carbocycles. The van der Waals surface area contributed by atoms with Gasteiger partial charge in [0.2, 0.25) is 5.91 Å². The molecule has 1 aromatic heterocycles. The van der Waals surface area contributed by atoms with Gasteiger partial charge in [-0.05, 0) is 38.0 Å². The van der Waals surface area contributed by atoms with Crippen molar-refractivity contribution in [3.05, 3.63) is 41.6 Å². The number of nitrogens with one attached hydrogen (secondary N) is 2. The molecule has 0 fully saturated rings. The van der Waals surface area contributed by atoms with Gasteiger partial charge in [-0.3, -0.25) is 9.48 Å². The molecular weight excluding hydrogens is 320 g/mol. The summed E-state index contributed by atoms with van der Waals surface area (Å²) in [7, 11) is 1.32. The minimum Gasteiger partial charge on any atom is -0.465 e. The summed E-state index contributed by atoms with van der Waals surface area (Å²) in [5.41, 5.74) is 1.83. The number of esters is 1. The second-order valence-electron chi connectivity index (χ2n) is 5.84. The van der Waals surface area contributed by atoms with Gasteiger partial charge in [-0.1, -0.05) is 13.0 Å². The molecule has 7 heteroatoms. The van der Waals surface area contributed by atoms with E-state index in [-0.39, 0.29) is 5.91 Å². The van der Waals surface area contributed by atoms with Gasteiger partial charge in [0.15, 0.2) is 0 Å². The Kier molecular flexibility index (Phi) is 6.16. The second kappa shape index (κ2) is 8.32. The van der Waals surface area contributed by atoms with E-state index in [2.05, 4.69) is 22.7 Å². The van der Waals surface area contributed by atoms with Crippen LogP contribution in [0.2, 0.25) is 0 Å². The summed E-state index contributed by atoms with van der Waals surface area (Å²) in [6.07, 6.45) is 2.87. The Morgan fingerprint density at radius 2 is 2.08 bits per heavy atom. The predicted molar refractivity (Wildman–Crippen MR) is 96.8 cm³/mol. The number of amides is 1. The van der Waals surface area contributed by atoms with Crippen LogP contribution in [0, 0.1) is 6.92 Å². The Hall–Kier alpha value is -2.83. The molecule has 2 N–H and O–H groups in total. The molecule has 134 valence electrons. The minimum absolute atomic E-state index is 0.213. The molecule has 1 atom stereocenters. The standard InChI is InChI=1S/C18H24N4O3/c1-5-9-22-10-8-16(21-22)19-13(3)17(23)20-15-11-14(18(24)25-4)7-6-12(15)2/h6-8,10-11,13H,5,9H2,1-4H3,(H,19,21)(H,20,23). The zero-order chi connectivity index (χ0) is 18.4. The normalized spacial score (nSPS) is 11.7. The zero-order valence-electron chi connectivity index (χ0n) is 15.0. The van der Waals surface area contributed by atoms with Gasteiger partial charge in [0.1, 0.15) is 11.9 Å². The molecule has 0 spiro atoms. The number of aromatic nitrogens is 2. The fraction of sp³-hybridized carbons (Fsp3) is 0.389. The molecule has 0 aliphatic rings. The van der Waals surface area contributed by atoms with Crippen LogP contribution in [-0.4, -0.2) is 34.8 Å². The van der Waals surface area contributed by atoms with Crippen molar-refractivity contribution in [3.8, 4) is 0 Å². The molecule has 1 amide bonds. The van der Waals surface area contributed by atoms with Gasteiger partial charge in [0, 0.05) is 24.5 Å². The third kappa shape index (κ3) is 4.82. The van der Waals surface area contributed by atoms with Crippen molar-refractivity contribution in [2.75, 3.05) is 17.7 Å². The molecule has 7 nitrogen and oxygen atoms in total. The average molecular weight is 344 g/mol. The van der Waals surface area contributed by atoms with Crippen molar-refractivity contribution in [2.45, 2.75) is 39.8 Å². The number of carbonyl (C=O) groups excluding carboxylic acids is 2. The fourth-order valence-electron chi connectivity index (χ4n) is 2.32. The van der Waals surface area contributed by atoms with Crippen LogP contribution >= 0.6 is 0 Å². The van der Waals surface area contributed by atoms with Crippen LogP contribution in [0.25, 0.3) is 0 Å². The average Bonchev–Trinajstić information content (AvgIpc) is 3.03. The predicted octanol–water partition coefficient (Wildman–Crippen LogP) is 2.83. The summed E-state index contributed by atoms with van der Waals surface area (Å²) in [5.74, 6) is -0.00516. The molecule has 0 aliphatic heterocycles. The van der Waals surface area contributed by atoms with Gasteiger partial charge >= 0.3 is 5.97 Å². The maximum Gasteiger partial charge on any atom is 0.337 e. The summed E-state index contributed by atoms with van der Waals surface area (Å²) in [4.78, 5) is 24.1. The molecule has 2 rings (SSSR count). The number of methoxy groups -OCH3 is 1. The number of benzene rings is 1. The SMILES string of the molecule is CCCn1ccc(NC(C)C(=O)Nc2cc(C(=O)OC)ccc2C)n1. The van der Waals surface area contributed by atoms with Crippen LogP contribution in [-0.2, 0) is 16.1 Å². The van der Waals surface area contributed by atoms with E-state index in [9.17, 15) is 9.59 Å². The maximum absolute atomic E-state index is 12.4. The van der Waals surface area contributed by atoms with E-state index in [1.807, 2.05) is 23.9 Å². The lowest BCUT2D eigenvalue weighted by Crippen LogP contribution is -2.32. The number of aryl methyl sites for hydroxylation is 2. The molecule has 0 saturated heterocycles. The Balaban J connectivity index is 2.03. The first-order valence-electron chi connectivity index (χ1n) is 8.24. The highest BCUT2D eigenvalue weighted by Gasteiger charge is 2.16. The van der Waals surface area contributed by atoms with E-state index in [4.69, 9.17) is 4.74 Å². The molecule has 1 unspecified atom stereocenters. The maximum atomic E-state index is 12.4. The van der Waals surface area contributed by atoms with Crippen molar-refractivity contribution >= 4 is 23.4 Å². The van der Waals surface area contributed by atoms with E-state index >= 15 is 0 Å². The van der Waals surface area contributed by atoms with Crippen LogP contribution in [0.3, 0.4) is 0 Å².